The molecule has 0 saturated carbocycles. The molecule has 2 rings (SSSR count). The minimum atomic E-state index is -1.84. The van der Waals surface area contributed by atoms with Crippen molar-refractivity contribution < 1.29 is 76.4 Å². The first-order chi connectivity index (χ1) is 41.9. The second kappa shape index (κ2) is 36.2. The molecule has 1 aliphatic heterocycles. The number of rotatable bonds is 24. The Morgan fingerprint density at radius 2 is 1.22 bits per heavy atom. The third kappa shape index (κ3) is 21.1. The summed E-state index contributed by atoms with van der Waals surface area (Å²) in [7, 11) is 15.7. The lowest BCUT2D eigenvalue weighted by Gasteiger charge is -2.39. The van der Waals surface area contributed by atoms with Gasteiger partial charge in [0.1, 0.15) is 72.3 Å². The molecule has 13 atom stereocenters. The molecule has 0 radical (unpaired) electrons. The number of likely N-dealkylation sites (N-methyl/N-ethyl adjacent to an activating group) is 7. The van der Waals surface area contributed by atoms with Crippen molar-refractivity contribution >= 4 is 65.1 Å². The number of methoxy groups -OCH3 is 3. The minimum Gasteiger partial charge on any atom is -0.497 e. The van der Waals surface area contributed by atoms with Gasteiger partial charge in [0.05, 0.1) is 20.3 Å². The zero-order valence-electron chi connectivity index (χ0n) is 58.0. The number of benzene rings is 1. The van der Waals surface area contributed by atoms with Gasteiger partial charge in [0.25, 0.3) is 5.91 Å². The maximum absolute atomic E-state index is 15.4. The van der Waals surface area contributed by atoms with Gasteiger partial charge in [-0.25, -0.2) is 4.79 Å². The van der Waals surface area contributed by atoms with Crippen LogP contribution in [0.3, 0.4) is 0 Å². The van der Waals surface area contributed by atoms with E-state index in [-0.39, 0.29) is 43.6 Å². The van der Waals surface area contributed by atoms with Gasteiger partial charge in [-0.15, -0.1) is 0 Å². The Labute approximate surface area is 534 Å². The van der Waals surface area contributed by atoms with E-state index in [1.807, 2.05) is 34.6 Å². The zero-order chi connectivity index (χ0) is 69.1. The smallest absolute Gasteiger partial charge is 0.328 e. The quantitative estimate of drug-likeness (QED) is 0.125. The van der Waals surface area contributed by atoms with E-state index in [1.54, 1.807) is 77.9 Å². The Bertz CT molecular complexity index is 2590. The first kappa shape index (κ1) is 79.2. The second-order valence-electron chi connectivity index (χ2n) is 25.7. The van der Waals surface area contributed by atoms with Crippen LogP contribution in [-0.2, 0) is 78.1 Å². The first-order valence-electron chi connectivity index (χ1n) is 31.1. The van der Waals surface area contributed by atoms with Crippen molar-refractivity contribution in [3.05, 3.63) is 29.8 Å². The van der Waals surface area contributed by atoms with Crippen molar-refractivity contribution in [2.75, 3.05) is 90.9 Å². The summed E-state index contributed by atoms with van der Waals surface area (Å²) < 4.78 is 28.3. The number of carbonyl (C=O) groups excluding carboxylic acids is 11. The third-order valence-electron chi connectivity index (χ3n) is 16.8. The topological polar surface area (TPSA) is 293 Å². The largest absolute Gasteiger partial charge is 0.497 e. The number of nitrogens with zero attached hydrogens (tertiary/aromatic N) is 7. The van der Waals surface area contributed by atoms with Crippen LogP contribution in [0.1, 0.15) is 115 Å². The number of carbonyl (C=O) groups is 11. The summed E-state index contributed by atoms with van der Waals surface area (Å²) in [5.41, 5.74) is 0.595. The van der Waals surface area contributed by atoms with E-state index < -0.39 is 156 Å². The van der Waals surface area contributed by atoms with E-state index in [4.69, 9.17) is 23.7 Å². The van der Waals surface area contributed by atoms with E-state index >= 15 is 9.59 Å². The number of amides is 9. The van der Waals surface area contributed by atoms with Crippen molar-refractivity contribution in [3.8, 4) is 5.75 Å². The third-order valence-corrected chi connectivity index (χ3v) is 16.8. The Kier molecular flexibility index (Phi) is 31.8. The molecule has 0 aliphatic carbocycles. The van der Waals surface area contributed by atoms with Crippen LogP contribution in [0.4, 0.5) is 0 Å². The predicted molar refractivity (Wildman–Crippen MR) is 338 cm³/mol. The summed E-state index contributed by atoms with van der Waals surface area (Å²) >= 11 is 0. The lowest BCUT2D eigenvalue weighted by atomic mass is 9.95. The van der Waals surface area contributed by atoms with Crippen LogP contribution in [0.25, 0.3) is 0 Å². The van der Waals surface area contributed by atoms with Gasteiger partial charge in [0.2, 0.25) is 47.3 Å². The maximum atomic E-state index is 15.4. The molecular formula is C64H108N10O16. The first-order valence-corrected chi connectivity index (χ1v) is 31.1. The lowest BCUT2D eigenvalue weighted by Crippen LogP contribution is -2.64. The van der Waals surface area contributed by atoms with Gasteiger partial charge < -0.3 is 69.0 Å². The molecule has 0 spiro atoms. The van der Waals surface area contributed by atoms with Gasteiger partial charge in [0, 0.05) is 62.9 Å². The van der Waals surface area contributed by atoms with Gasteiger partial charge in [-0.1, -0.05) is 87.8 Å². The molecule has 3 N–H and O–H groups in total. The van der Waals surface area contributed by atoms with Crippen molar-refractivity contribution in [3.63, 3.8) is 0 Å². The highest BCUT2D eigenvalue weighted by Crippen LogP contribution is 2.24. The molecule has 26 nitrogen and oxygen atoms in total. The number of nitrogens with one attached hydrogen (secondary N) is 3. The van der Waals surface area contributed by atoms with Gasteiger partial charge >= 0.3 is 11.9 Å². The molecule has 26 heteroatoms. The summed E-state index contributed by atoms with van der Waals surface area (Å²) in [6.07, 6.45) is -2.52. The highest BCUT2D eigenvalue weighted by Gasteiger charge is 2.46. The molecule has 0 aromatic heterocycles. The highest BCUT2D eigenvalue weighted by atomic mass is 16.6. The predicted octanol–water partition coefficient (Wildman–Crippen LogP) is 2.22. The van der Waals surface area contributed by atoms with Gasteiger partial charge in [-0.3, -0.25) is 52.8 Å². The van der Waals surface area contributed by atoms with Crippen LogP contribution in [-0.4, -0.2) is 263 Å². The van der Waals surface area contributed by atoms with E-state index in [9.17, 15) is 43.2 Å². The molecule has 1 heterocycles. The average molecular weight is 1270 g/mol. The SMILES string of the molecule is CC[C@H](C)[C@H]1C(=O)N[C@@H](C)C(=O)N(C)[C@@H](CC(C)C)C(=O)N[C@@H](Cc2ccc(OC)cc2)C(=O)N(C)[C@@H](C)C(=O)O[C@H](C)C(NC(=O)[C@H](CC(C)C)N(C)C(=O)[C@H](COC)N(C)C(=O)[C@@H](OC(=O)[C@H](C(C)C)N(C)C)C(C)C)C(=O)N(C)[C@@H](COC)C(=O)N1C. The summed E-state index contributed by atoms with van der Waals surface area (Å²) in [5.74, 6) is -9.85. The number of esters is 2. The van der Waals surface area contributed by atoms with Crippen LogP contribution in [0, 0.1) is 29.6 Å². The highest BCUT2D eigenvalue weighted by molar-refractivity contribution is 5.99. The summed E-state index contributed by atoms with van der Waals surface area (Å²) in [6.45, 7) is 21.3. The lowest BCUT2D eigenvalue weighted by molar-refractivity contribution is -0.170. The van der Waals surface area contributed by atoms with Crippen molar-refractivity contribution in [1.29, 1.82) is 0 Å². The molecule has 1 aliphatic rings. The van der Waals surface area contributed by atoms with Crippen molar-refractivity contribution in [1.82, 2.24) is 50.2 Å². The van der Waals surface area contributed by atoms with Crippen molar-refractivity contribution in [2.45, 2.75) is 188 Å². The molecule has 1 aromatic carbocycles. The van der Waals surface area contributed by atoms with E-state index in [1.165, 1.54) is 89.3 Å². The number of hydrogen-bond acceptors (Lipinski definition) is 17. The van der Waals surface area contributed by atoms with Crippen LogP contribution in [0.2, 0.25) is 0 Å². The van der Waals surface area contributed by atoms with E-state index in [0.29, 0.717) is 17.7 Å². The fourth-order valence-electron chi connectivity index (χ4n) is 10.9. The number of hydrogen-bond donors (Lipinski definition) is 3. The normalized spacial score (nSPS) is 23.4. The summed E-state index contributed by atoms with van der Waals surface area (Å²) in [6, 6.07) is -6.49. The molecule has 1 fully saturated rings. The molecule has 1 aromatic rings. The molecule has 90 heavy (non-hydrogen) atoms. The molecule has 9 amide bonds. The van der Waals surface area contributed by atoms with Crippen LogP contribution < -0.4 is 20.7 Å². The number of ether oxygens (including phenoxy) is 5. The molecule has 1 unspecified atom stereocenters. The van der Waals surface area contributed by atoms with Gasteiger partial charge in [-0.05, 0) is 95.0 Å². The van der Waals surface area contributed by atoms with E-state index in [0.717, 1.165) is 24.5 Å². The Hall–Kier alpha value is -6.93. The fraction of sp³-hybridized carbons (Fsp3) is 0.734. The van der Waals surface area contributed by atoms with Gasteiger partial charge in [-0.2, -0.15) is 0 Å². The van der Waals surface area contributed by atoms with Crippen LogP contribution in [0.15, 0.2) is 24.3 Å². The molecule has 510 valence electrons. The molecular weight excluding hydrogens is 1160 g/mol. The Balaban J connectivity index is 2.97. The molecule has 0 bridgehead atoms. The summed E-state index contributed by atoms with van der Waals surface area (Å²) in [4.78, 5) is 170. The second-order valence-corrected chi connectivity index (χ2v) is 25.7. The fourth-order valence-corrected chi connectivity index (χ4v) is 10.9. The van der Waals surface area contributed by atoms with Crippen molar-refractivity contribution in [2.24, 2.45) is 29.6 Å². The minimum absolute atomic E-state index is 0.0186. The standard InChI is InChI=1S/C64H108N10O16/c1-25-39(10)52-56(77)65-40(11)57(78)70(17)46(30-35(2)3)54(75)66-45(32-43-26-28-44(88-24)29-27-43)58(79)69(16)41(12)63(84)89-42(13)50(61(82)72(19)49(34-87-23)60(81)74(52)21)67-55(76)47(31-36(4)5)71(18)59(80)48(33-86-22)73(20)62(83)53(38(8)9)90-64(85)51(37(6)7)68(14)15/h26-29,35-42,45-53H,25,30-34H2,1-24H3,(H,65,77)(H,66,75)(H,67,76)/t39-,40-,41-,42+,45-,46-,47-,48-,49-,50?,51-,52-,53-/m0/s1. The van der Waals surface area contributed by atoms with Gasteiger partial charge in [0.15, 0.2) is 6.10 Å². The average Bonchev–Trinajstić information content (AvgIpc) is 0.977. The number of cyclic esters (lactones) is 1. The zero-order valence-corrected chi connectivity index (χ0v) is 58.0. The van der Waals surface area contributed by atoms with Crippen LogP contribution in [0.5, 0.6) is 5.75 Å². The monoisotopic (exact) mass is 1270 g/mol. The summed E-state index contributed by atoms with van der Waals surface area (Å²) in [5, 5.41) is 8.35. The van der Waals surface area contributed by atoms with Crippen LogP contribution >= 0.6 is 0 Å². The maximum Gasteiger partial charge on any atom is 0.328 e. The van der Waals surface area contributed by atoms with E-state index in [2.05, 4.69) is 16.0 Å². The Morgan fingerprint density at radius 3 is 1.71 bits per heavy atom. The Morgan fingerprint density at radius 1 is 0.656 bits per heavy atom. The molecule has 1 saturated heterocycles.